The van der Waals surface area contributed by atoms with E-state index in [1.807, 2.05) is 0 Å². The molecule has 0 aliphatic carbocycles. The van der Waals surface area contributed by atoms with Gasteiger partial charge in [0.15, 0.2) is 0 Å². The molecule has 0 aromatic heterocycles. The van der Waals surface area contributed by atoms with Gasteiger partial charge in [0.25, 0.3) is 0 Å². The number of hydrogen-bond acceptors (Lipinski definition) is 1. The predicted molar refractivity (Wildman–Crippen MR) is 79.9 cm³/mol. The molecule has 0 bridgehead atoms. The fourth-order valence-corrected chi connectivity index (χ4v) is 2.17. The Hall–Kier alpha value is -0.850. The first-order chi connectivity index (χ1) is 8.06. The van der Waals surface area contributed by atoms with Crippen LogP contribution in [0.15, 0.2) is 28.3 Å². The molecular weight excluding hydrogens is 206 g/mol. The van der Waals surface area contributed by atoms with Gasteiger partial charge < -0.3 is 0 Å². The molecule has 1 nitrogen and oxygen atoms in total. The van der Waals surface area contributed by atoms with E-state index in [-0.39, 0.29) is 0 Å². The first-order valence-corrected chi connectivity index (χ1v) is 6.93. The van der Waals surface area contributed by atoms with Gasteiger partial charge in [0.05, 0.1) is 0 Å². The maximum absolute atomic E-state index is 4.59. The van der Waals surface area contributed by atoms with Crippen LogP contribution in [0.25, 0.3) is 0 Å². The Balaban J connectivity index is 4.90. The molecule has 0 atom stereocenters. The van der Waals surface area contributed by atoms with Crippen LogP contribution in [0.4, 0.5) is 0 Å². The Morgan fingerprint density at radius 2 is 1.71 bits per heavy atom. The van der Waals surface area contributed by atoms with Crippen LogP contribution in [0.2, 0.25) is 0 Å². The standard InChI is InChI=1S/C16H29N/c1-7-10-15(16(9-3)13(4)5)12-14(6)17-11-8-2/h4,7-12H2,1-3,5-6H3/b16-15-,17-14?. The maximum Gasteiger partial charge on any atom is 0.0386 e. The first-order valence-electron chi connectivity index (χ1n) is 6.93. The third kappa shape index (κ3) is 6.45. The summed E-state index contributed by atoms with van der Waals surface area (Å²) in [5.41, 5.74) is 5.49. The van der Waals surface area contributed by atoms with E-state index in [0.717, 1.165) is 25.8 Å². The zero-order chi connectivity index (χ0) is 13.3. The molecule has 0 N–H and O–H groups in total. The molecule has 0 spiro atoms. The summed E-state index contributed by atoms with van der Waals surface area (Å²) in [7, 11) is 0. The second-order valence-electron chi connectivity index (χ2n) is 4.76. The van der Waals surface area contributed by atoms with E-state index in [1.54, 1.807) is 5.57 Å². The third-order valence-corrected chi connectivity index (χ3v) is 2.92. The predicted octanol–water partition coefficient (Wildman–Crippen LogP) is 5.33. The van der Waals surface area contributed by atoms with Crippen molar-refractivity contribution in [3.8, 4) is 0 Å². The van der Waals surface area contributed by atoms with Gasteiger partial charge in [-0.1, -0.05) is 44.9 Å². The van der Waals surface area contributed by atoms with Crippen LogP contribution in [-0.2, 0) is 0 Å². The van der Waals surface area contributed by atoms with Gasteiger partial charge in [0, 0.05) is 18.7 Å². The topological polar surface area (TPSA) is 12.4 Å². The molecule has 0 saturated heterocycles. The molecule has 17 heavy (non-hydrogen) atoms. The summed E-state index contributed by atoms with van der Waals surface area (Å²) in [4.78, 5) is 4.59. The number of allylic oxidation sites excluding steroid dienone is 3. The minimum atomic E-state index is 0.958. The van der Waals surface area contributed by atoms with Crippen LogP contribution in [0.1, 0.15) is 66.7 Å². The molecule has 0 aliphatic heterocycles. The Bertz CT molecular complexity index is 295. The summed E-state index contributed by atoms with van der Waals surface area (Å²) < 4.78 is 0. The Morgan fingerprint density at radius 1 is 1.06 bits per heavy atom. The number of nitrogens with zero attached hydrogens (tertiary/aromatic N) is 1. The fraction of sp³-hybridized carbons (Fsp3) is 0.688. The highest BCUT2D eigenvalue weighted by Crippen LogP contribution is 2.23. The maximum atomic E-state index is 4.59. The zero-order valence-electron chi connectivity index (χ0n) is 12.4. The van der Waals surface area contributed by atoms with E-state index >= 15 is 0 Å². The average molecular weight is 235 g/mol. The SMILES string of the molecule is C=C(C)/C(CC)=C(/CCC)CC(C)=NCCC. The Morgan fingerprint density at radius 3 is 2.12 bits per heavy atom. The normalized spacial score (nSPS) is 13.6. The van der Waals surface area contributed by atoms with E-state index in [1.165, 1.54) is 29.7 Å². The quantitative estimate of drug-likeness (QED) is 0.398. The molecule has 0 radical (unpaired) electrons. The molecule has 0 saturated carbocycles. The lowest BCUT2D eigenvalue weighted by atomic mass is 9.93. The molecule has 98 valence electrons. The number of rotatable bonds is 8. The highest BCUT2D eigenvalue weighted by Gasteiger charge is 2.07. The minimum Gasteiger partial charge on any atom is -0.294 e. The molecule has 0 fully saturated rings. The van der Waals surface area contributed by atoms with Crippen molar-refractivity contribution in [2.75, 3.05) is 6.54 Å². The fourth-order valence-electron chi connectivity index (χ4n) is 2.17. The van der Waals surface area contributed by atoms with E-state index < -0.39 is 0 Å². The smallest absolute Gasteiger partial charge is 0.0386 e. The molecule has 0 amide bonds. The molecule has 0 aromatic carbocycles. The van der Waals surface area contributed by atoms with E-state index in [4.69, 9.17) is 0 Å². The summed E-state index contributed by atoms with van der Waals surface area (Å²) in [6.45, 7) is 16.0. The van der Waals surface area contributed by atoms with E-state index in [9.17, 15) is 0 Å². The second-order valence-corrected chi connectivity index (χ2v) is 4.76. The van der Waals surface area contributed by atoms with Crippen LogP contribution >= 0.6 is 0 Å². The third-order valence-electron chi connectivity index (χ3n) is 2.92. The van der Waals surface area contributed by atoms with Crippen LogP contribution in [-0.4, -0.2) is 12.3 Å². The van der Waals surface area contributed by atoms with Crippen molar-refractivity contribution in [3.63, 3.8) is 0 Å². The van der Waals surface area contributed by atoms with Crippen LogP contribution in [0.3, 0.4) is 0 Å². The largest absolute Gasteiger partial charge is 0.294 e. The van der Waals surface area contributed by atoms with E-state index in [0.29, 0.717) is 0 Å². The van der Waals surface area contributed by atoms with Crippen LogP contribution < -0.4 is 0 Å². The second kappa shape index (κ2) is 9.21. The molecule has 0 aromatic rings. The summed E-state index contributed by atoms with van der Waals surface area (Å²) >= 11 is 0. The van der Waals surface area contributed by atoms with Crippen molar-refractivity contribution in [2.45, 2.75) is 66.7 Å². The summed E-state index contributed by atoms with van der Waals surface area (Å²) in [5, 5.41) is 0. The lowest BCUT2D eigenvalue weighted by Crippen LogP contribution is -2.01. The summed E-state index contributed by atoms with van der Waals surface area (Å²) in [6, 6.07) is 0. The van der Waals surface area contributed by atoms with Gasteiger partial charge in [-0.2, -0.15) is 0 Å². The highest BCUT2D eigenvalue weighted by atomic mass is 14.7. The van der Waals surface area contributed by atoms with Crippen molar-refractivity contribution in [1.82, 2.24) is 0 Å². The van der Waals surface area contributed by atoms with Crippen LogP contribution in [0, 0.1) is 0 Å². The van der Waals surface area contributed by atoms with Gasteiger partial charge in [0.2, 0.25) is 0 Å². The highest BCUT2D eigenvalue weighted by molar-refractivity contribution is 5.84. The van der Waals surface area contributed by atoms with Gasteiger partial charge in [-0.25, -0.2) is 0 Å². The lowest BCUT2D eigenvalue weighted by Gasteiger charge is -2.14. The Labute approximate surface area is 108 Å². The first kappa shape index (κ1) is 16.1. The van der Waals surface area contributed by atoms with Crippen LogP contribution in [0.5, 0.6) is 0 Å². The average Bonchev–Trinajstić information content (AvgIpc) is 2.27. The van der Waals surface area contributed by atoms with Crippen molar-refractivity contribution in [3.05, 3.63) is 23.3 Å². The summed E-state index contributed by atoms with van der Waals surface area (Å²) in [6.07, 6.45) is 5.63. The van der Waals surface area contributed by atoms with Crippen molar-refractivity contribution in [2.24, 2.45) is 4.99 Å². The van der Waals surface area contributed by atoms with Gasteiger partial charge in [-0.3, -0.25) is 4.99 Å². The Kier molecular flexibility index (Phi) is 8.75. The minimum absolute atomic E-state index is 0.958. The molecule has 0 rings (SSSR count). The van der Waals surface area contributed by atoms with Crippen molar-refractivity contribution < 1.29 is 0 Å². The molecule has 0 aliphatic rings. The number of hydrogen-bond donors (Lipinski definition) is 0. The van der Waals surface area contributed by atoms with Gasteiger partial charge >= 0.3 is 0 Å². The molecule has 0 unspecified atom stereocenters. The monoisotopic (exact) mass is 235 g/mol. The van der Waals surface area contributed by atoms with Gasteiger partial charge in [-0.15, -0.1) is 0 Å². The number of aliphatic imine (C=N–C) groups is 1. The van der Waals surface area contributed by atoms with Crippen molar-refractivity contribution >= 4 is 5.71 Å². The van der Waals surface area contributed by atoms with Gasteiger partial charge in [-0.05, 0) is 38.7 Å². The molecule has 0 heterocycles. The van der Waals surface area contributed by atoms with E-state index in [2.05, 4.69) is 46.2 Å². The van der Waals surface area contributed by atoms with Gasteiger partial charge in [0.1, 0.15) is 0 Å². The zero-order valence-corrected chi connectivity index (χ0v) is 12.4. The summed E-state index contributed by atoms with van der Waals surface area (Å²) in [5.74, 6) is 0. The molecular formula is C16H29N. The van der Waals surface area contributed by atoms with Crippen molar-refractivity contribution in [1.29, 1.82) is 0 Å². The lowest BCUT2D eigenvalue weighted by molar-refractivity contribution is 0.853. The molecule has 1 heteroatoms.